The monoisotopic (exact) mass is 444 g/mol. The number of fused-ring (bicyclic) bond motifs is 1. The minimum absolute atomic E-state index is 0.0119. The van der Waals surface area contributed by atoms with E-state index in [0.29, 0.717) is 30.8 Å². The predicted molar refractivity (Wildman–Crippen MR) is 121 cm³/mol. The number of carbonyl (C=O) groups is 3. The maximum atomic E-state index is 13.2. The highest BCUT2D eigenvalue weighted by Gasteiger charge is 2.35. The number of hydrogen-bond acceptors (Lipinski definition) is 6. The van der Waals surface area contributed by atoms with Gasteiger partial charge in [0.25, 0.3) is 0 Å². The Balaban J connectivity index is 1.75. The molecule has 0 aliphatic heterocycles. The van der Waals surface area contributed by atoms with Crippen molar-refractivity contribution in [3.8, 4) is 0 Å². The normalized spacial score (nSPS) is 19.0. The number of nitrogens with one attached hydrogen (secondary N) is 2. The lowest BCUT2D eigenvalue weighted by molar-refractivity contribution is -0.126. The third-order valence-corrected chi connectivity index (χ3v) is 6.38. The van der Waals surface area contributed by atoms with Crippen molar-refractivity contribution in [3.05, 3.63) is 29.3 Å². The fourth-order valence-electron chi connectivity index (χ4n) is 3.89. The maximum Gasteiger partial charge on any atom is 0.225 e. The second kappa shape index (κ2) is 10.3. The Kier molecular flexibility index (Phi) is 7.56. The van der Waals surface area contributed by atoms with Crippen LogP contribution in [0.25, 0.3) is 10.2 Å². The molecule has 0 unspecified atom stereocenters. The number of hydrogen-bond donors (Lipinski definition) is 4. The van der Waals surface area contributed by atoms with Crippen molar-refractivity contribution in [2.45, 2.75) is 51.1 Å². The highest BCUT2D eigenvalue weighted by molar-refractivity contribution is 7.20. The molecule has 0 bridgehead atoms. The van der Waals surface area contributed by atoms with E-state index in [1.165, 1.54) is 18.3 Å². The molecule has 1 fully saturated rings. The number of aromatic nitrogens is 1. The van der Waals surface area contributed by atoms with E-state index in [4.69, 9.17) is 11.5 Å². The van der Waals surface area contributed by atoms with Gasteiger partial charge in [-0.15, -0.1) is 11.3 Å². The van der Waals surface area contributed by atoms with Gasteiger partial charge in [0.1, 0.15) is 0 Å². The lowest BCUT2D eigenvalue weighted by atomic mass is 10.00. The van der Waals surface area contributed by atoms with Crippen molar-refractivity contribution < 1.29 is 14.4 Å². The first-order valence-electron chi connectivity index (χ1n) is 10.4. The number of para-hydroxylation sites is 1. The third-order valence-electron chi connectivity index (χ3n) is 5.32. The molecule has 1 saturated carbocycles. The Morgan fingerprint density at radius 1 is 1.26 bits per heavy atom. The van der Waals surface area contributed by atoms with Gasteiger partial charge in [-0.3, -0.25) is 19.4 Å². The third kappa shape index (κ3) is 6.00. The number of aliphatic imine (C=N–C) groups is 1. The minimum Gasteiger partial charge on any atom is -0.370 e. The Morgan fingerprint density at radius 2 is 2.03 bits per heavy atom. The first kappa shape index (κ1) is 22.7. The van der Waals surface area contributed by atoms with Crippen LogP contribution in [0.4, 0.5) is 0 Å². The highest BCUT2D eigenvalue weighted by Crippen LogP contribution is 2.27. The van der Waals surface area contributed by atoms with Gasteiger partial charge in [-0.2, -0.15) is 0 Å². The summed E-state index contributed by atoms with van der Waals surface area (Å²) < 4.78 is 0.915. The zero-order valence-electron chi connectivity index (χ0n) is 17.5. The number of thiazole rings is 1. The number of rotatable bonds is 9. The van der Waals surface area contributed by atoms with Crippen LogP contribution in [0.3, 0.4) is 0 Å². The summed E-state index contributed by atoms with van der Waals surface area (Å²) in [6, 6.07) is 6.58. The van der Waals surface area contributed by atoms with Crippen LogP contribution in [-0.2, 0) is 9.59 Å². The number of guanidine groups is 1. The Hall–Kier alpha value is -3.01. The van der Waals surface area contributed by atoms with E-state index in [1.54, 1.807) is 0 Å². The molecule has 0 radical (unpaired) electrons. The number of nitrogens with two attached hydrogens (primary N) is 2. The summed E-state index contributed by atoms with van der Waals surface area (Å²) in [4.78, 5) is 46.1. The van der Waals surface area contributed by atoms with Gasteiger partial charge in [0.05, 0.1) is 22.2 Å². The lowest BCUT2D eigenvalue weighted by Gasteiger charge is -2.23. The van der Waals surface area contributed by atoms with Gasteiger partial charge < -0.3 is 22.1 Å². The van der Waals surface area contributed by atoms with Crippen LogP contribution in [0.2, 0.25) is 0 Å². The molecule has 1 aromatic carbocycles. The molecule has 10 heteroatoms. The predicted octanol–water partition coefficient (Wildman–Crippen LogP) is 1.32. The average molecular weight is 445 g/mol. The maximum absolute atomic E-state index is 13.2. The highest BCUT2D eigenvalue weighted by atomic mass is 32.1. The van der Waals surface area contributed by atoms with Gasteiger partial charge in [-0.1, -0.05) is 18.6 Å². The molecular formula is C21H28N6O3S. The van der Waals surface area contributed by atoms with Crippen LogP contribution in [-0.4, -0.2) is 47.2 Å². The quantitative estimate of drug-likeness (QED) is 0.198. The number of Topliss-reactive ketones (excluding diaryl/α,β-unsaturated/α-hetero) is 1. The molecular weight excluding hydrogens is 416 g/mol. The van der Waals surface area contributed by atoms with Crippen LogP contribution < -0.4 is 22.1 Å². The number of ketones is 1. The zero-order valence-corrected chi connectivity index (χ0v) is 18.3. The molecule has 0 spiro atoms. The first-order chi connectivity index (χ1) is 14.8. The molecule has 166 valence electrons. The van der Waals surface area contributed by atoms with Crippen LogP contribution in [0, 0.1) is 5.92 Å². The van der Waals surface area contributed by atoms with Crippen molar-refractivity contribution in [2.24, 2.45) is 22.4 Å². The van der Waals surface area contributed by atoms with Crippen molar-refractivity contribution in [1.82, 2.24) is 15.6 Å². The summed E-state index contributed by atoms with van der Waals surface area (Å²) in [5, 5.41) is 6.12. The zero-order chi connectivity index (χ0) is 22.4. The molecule has 3 rings (SSSR count). The Bertz CT molecular complexity index is 951. The second-order valence-corrected chi connectivity index (χ2v) is 8.74. The SMILES string of the molecule is CC(=O)N[C@@H]1CCC[C@@H]1C(=O)N[C@@H](CCCN=C(N)N)C(=O)c1nc2ccccc2s1. The van der Waals surface area contributed by atoms with E-state index in [9.17, 15) is 14.4 Å². The number of nitrogens with zero attached hydrogens (tertiary/aromatic N) is 2. The molecule has 1 aromatic heterocycles. The lowest BCUT2D eigenvalue weighted by Crippen LogP contribution is -2.48. The van der Waals surface area contributed by atoms with E-state index in [-0.39, 0.29) is 35.5 Å². The van der Waals surface area contributed by atoms with E-state index in [1.807, 2.05) is 24.3 Å². The molecule has 1 aliphatic rings. The fourth-order valence-corrected chi connectivity index (χ4v) is 4.85. The fraction of sp³-hybridized carbons (Fsp3) is 0.476. The summed E-state index contributed by atoms with van der Waals surface area (Å²) >= 11 is 1.31. The minimum atomic E-state index is -0.735. The molecule has 9 nitrogen and oxygen atoms in total. The average Bonchev–Trinajstić information content (AvgIpc) is 3.35. The Labute approximate surface area is 184 Å². The smallest absolute Gasteiger partial charge is 0.225 e. The van der Waals surface area contributed by atoms with Crippen LogP contribution >= 0.6 is 11.3 Å². The molecule has 2 aromatic rings. The summed E-state index contributed by atoms with van der Waals surface area (Å²) in [6.07, 6.45) is 3.18. The van der Waals surface area contributed by atoms with Crippen molar-refractivity contribution in [3.63, 3.8) is 0 Å². The van der Waals surface area contributed by atoms with Crippen molar-refractivity contribution >= 4 is 45.1 Å². The molecule has 6 N–H and O–H groups in total. The molecule has 0 saturated heterocycles. The van der Waals surface area contributed by atoms with Gasteiger partial charge >= 0.3 is 0 Å². The van der Waals surface area contributed by atoms with Gasteiger partial charge in [0, 0.05) is 19.5 Å². The first-order valence-corrected chi connectivity index (χ1v) is 11.2. The van der Waals surface area contributed by atoms with E-state index in [0.717, 1.165) is 23.1 Å². The van der Waals surface area contributed by atoms with Crippen molar-refractivity contribution in [1.29, 1.82) is 0 Å². The summed E-state index contributed by atoms with van der Waals surface area (Å²) in [6.45, 7) is 1.80. The van der Waals surface area contributed by atoms with Crippen molar-refractivity contribution in [2.75, 3.05) is 6.54 Å². The van der Waals surface area contributed by atoms with Gasteiger partial charge in [-0.05, 0) is 37.8 Å². The largest absolute Gasteiger partial charge is 0.370 e. The van der Waals surface area contributed by atoms with Crippen LogP contribution in [0.1, 0.15) is 48.8 Å². The summed E-state index contributed by atoms with van der Waals surface area (Å²) in [5.41, 5.74) is 11.5. The van der Waals surface area contributed by atoms with E-state index >= 15 is 0 Å². The van der Waals surface area contributed by atoms with E-state index < -0.39 is 6.04 Å². The number of amides is 2. The molecule has 31 heavy (non-hydrogen) atoms. The van der Waals surface area contributed by atoms with Gasteiger partial charge in [-0.25, -0.2) is 4.98 Å². The van der Waals surface area contributed by atoms with Gasteiger partial charge in [0.15, 0.2) is 11.0 Å². The number of benzene rings is 1. The molecule has 3 atom stereocenters. The molecule has 2 amide bonds. The molecule has 1 aliphatic carbocycles. The second-order valence-electron chi connectivity index (χ2n) is 7.71. The number of carbonyl (C=O) groups excluding carboxylic acids is 3. The van der Waals surface area contributed by atoms with Gasteiger partial charge in [0.2, 0.25) is 17.6 Å². The standard InChI is InChI=1S/C21H28N6O3S/c1-12(28)25-14-8-4-6-13(14)19(30)26-16(9-5-11-24-21(22)23)18(29)20-27-15-7-2-3-10-17(15)31-20/h2-3,7,10,13-14,16H,4-6,8-9,11H2,1H3,(H,25,28)(H,26,30)(H4,22,23,24)/t13-,14+,16-/m0/s1. The van der Waals surface area contributed by atoms with Crippen LogP contribution in [0.15, 0.2) is 29.3 Å². The molecule has 1 heterocycles. The van der Waals surface area contributed by atoms with E-state index in [2.05, 4.69) is 20.6 Å². The summed E-state index contributed by atoms with van der Waals surface area (Å²) in [5.74, 6) is -0.982. The Morgan fingerprint density at radius 3 is 2.74 bits per heavy atom. The van der Waals surface area contributed by atoms with Crippen LogP contribution in [0.5, 0.6) is 0 Å². The summed E-state index contributed by atoms with van der Waals surface area (Å²) in [7, 11) is 0. The topological polar surface area (TPSA) is 153 Å².